The summed E-state index contributed by atoms with van der Waals surface area (Å²) in [6.45, 7) is 12.4. The Kier molecular flexibility index (Phi) is 7.27. The van der Waals surface area contributed by atoms with Crippen LogP contribution in [0.1, 0.15) is 49.1 Å². The van der Waals surface area contributed by atoms with Gasteiger partial charge < -0.3 is 24.5 Å². The van der Waals surface area contributed by atoms with E-state index in [4.69, 9.17) is 31.0 Å². The van der Waals surface area contributed by atoms with Gasteiger partial charge in [0.25, 0.3) is 5.82 Å². The fraction of sp³-hybridized carbons (Fsp3) is 0.387. The summed E-state index contributed by atoms with van der Waals surface area (Å²) in [6.07, 6.45) is 4.49. The molecule has 1 unspecified atom stereocenters. The molecule has 4 aromatic heterocycles. The van der Waals surface area contributed by atoms with Crippen molar-refractivity contribution in [2.45, 2.75) is 45.3 Å². The van der Waals surface area contributed by atoms with Gasteiger partial charge in [-0.05, 0) is 68.2 Å². The number of nitrogens with zero attached hydrogens (tertiary/aromatic N) is 10. The van der Waals surface area contributed by atoms with Crippen LogP contribution in [0.3, 0.4) is 0 Å². The zero-order valence-corrected chi connectivity index (χ0v) is 25.0. The lowest BCUT2D eigenvalue weighted by Crippen LogP contribution is -2.37. The van der Waals surface area contributed by atoms with Gasteiger partial charge in [-0.25, -0.2) is 9.97 Å². The molecule has 13 heteroatoms. The van der Waals surface area contributed by atoms with Crippen LogP contribution in [-0.4, -0.2) is 66.5 Å². The normalized spacial score (nSPS) is 16.5. The van der Waals surface area contributed by atoms with Crippen LogP contribution >= 0.6 is 0 Å². The molecule has 2 fully saturated rings. The molecule has 0 amide bonds. The van der Waals surface area contributed by atoms with Crippen molar-refractivity contribution in [3.8, 4) is 17.1 Å². The van der Waals surface area contributed by atoms with Gasteiger partial charge in [-0.3, -0.25) is 4.57 Å². The molecule has 0 saturated carbocycles. The lowest BCUT2D eigenvalue weighted by atomic mass is 10.1. The first-order valence-electron chi connectivity index (χ1n) is 14.8. The van der Waals surface area contributed by atoms with Gasteiger partial charge in [0.2, 0.25) is 5.82 Å². The zero-order chi connectivity index (χ0) is 30.2. The predicted molar refractivity (Wildman–Crippen MR) is 165 cm³/mol. The zero-order valence-electron chi connectivity index (χ0n) is 25.0. The summed E-state index contributed by atoms with van der Waals surface area (Å²) in [5.74, 6) is 2.31. The first-order chi connectivity index (χ1) is 21.5. The van der Waals surface area contributed by atoms with E-state index in [1.165, 1.54) is 4.80 Å². The predicted octanol–water partition coefficient (Wildman–Crippen LogP) is 5.13. The van der Waals surface area contributed by atoms with E-state index in [-0.39, 0.29) is 6.23 Å². The number of benzene rings is 1. The van der Waals surface area contributed by atoms with Crippen LogP contribution < -0.4 is 15.0 Å². The summed E-state index contributed by atoms with van der Waals surface area (Å²) in [4.78, 5) is 22.2. The third-order valence-corrected chi connectivity index (χ3v) is 8.14. The van der Waals surface area contributed by atoms with Crippen LogP contribution in [0, 0.1) is 13.5 Å². The molecule has 2 aliphatic rings. The number of anilines is 3. The lowest BCUT2D eigenvalue weighted by Gasteiger charge is -2.33. The van der Waals surface area contributed by atoms with Crippen LogP contribution in [0.15, 0.2) is 36.4 Å². The average Bonchev–Trinajstić information content (AvgIpc) is 3.59. The second-order valence-electron chi connectivity index (χ2n) is 11.1. The summed E-state index contributed by atoms with van der Waals surface area (Å²) in [5, 5.41) is 16.1. The summed E-state index contributed by atoms with van der Waals surface area (Å²) >= 11 is 0. The van der Waals surface area contributed by atoms with Crippen LogP contribution in [0.4, 0.5) is 22.9 Å². The van der Waals surface area contributed by atoms with Gasteiger partial charge in [0, 0.05) is 19.7 Å². The lowest BCUT2D eigenvalue weighted by molar-refractivity contribution is -0.0309. The van der Waals surface area contributed by atoms with Gasteiger partial charge in [-0.1, -0.05) is 12.6 Å². The van der Waals surface area contributed by atoms with E-state index in [1.54, 1.807) is 14.2 Å². The van der Waals surface area contributed by atoms with Crippen LogP contribution in [0.2, 0.25) is 0 Å². The Morgan fingerprint density at radius 3 is 2.66 bits per heavy atom. The number of aryl methyl sites for hydroxylation is 2. The van der Waals surface area contributed by atoms with Crippen molar-refractivity contribution in [1.29, 1.82) is 0 Å². The van der Waals surface area contributed by atoms with Gasteiger partial charge in [-0.2, -0.15) is 4.80 Å². The van der Waals surface area contributed by atoms with Gasteiger partial charge >= 0.3 is 0 Å². The van der Waals surface area contributed by atoms with E-state index >= 15 is 0 Å². The second-order valence-corrected chi connectivity index (χ2v) is 11.1. The molecule has 1 atom stereocenters. The summed E-state index contributed by atoms with van der Waals surface area (Å²) < 4.78 is 14.1. The molecule has 0 radical (unpaired) electrons. The molecule has 0 spiro atoms. The van der Waals surface area contributed by atoms with Crippen LogP contribution in [0.5, 0.6) is 5.75 Å². The molecule has 5 aromatic rings. The fourth-order valence-electron chi connectivity index (χ4n) is 5.90. The van der Waals surface area contributed by atoms with Crippen molar-refractivity contribution < 1.29 is 9.47 Å². The van der Waals surface area contributed by atoms with E-state index in [0.29, 0.717) is 36.0 Å². The minimum absolute atomic E-state index is 0.132. The van der Waals surface area contributed by atoms with Crippen molar-refractivity contribution in [2.75, 3.05) is 37.0 Å². The quantitative estimate of drug-likeness (QED) is 0.243. The Labute approximate surface area is 254 Å². The first kappa shape index (κ1) is 27.7. The molecule has 1 aromatic carbocycles. The highest BCUT2D eigenvalue weighted by Gasteiger charge is 2.25. The maximum absolute atomic E-state index is 7.74. The number of pyridine rings is 2. The van der Waals surface area contributed by atoms with E-state index in [2.05, 4.69) is 35.0 Å². The van der Waals surface area contributed by atoms with Crippen molar-refractivity contribution in [3.05, 3.63) is 65.0 Å². The highest BCUT2D eigenvalue weighted by molar-refractivity contribution is 5.91. The number of hydrogen-bond donors (Lipinski definition) is 1. The number of rotatable bonds is 8. The van der Waals surface area contributed by atoms with E-state index in [0.717, 1.165) is 84.2 Å². The number of nitrogens with one attached hydrogen (secondary N) is 1. The SMILES string of the molecule is [C-]#[N+]c1nc(Cc2cc(Nc3cccc(-c4nnn(C)n4)c3OC)c3nc(C)n(C4CCCCO4)c3n2)ccc1N1CCC1. The number of tetrazole rings is 1. The third kappa shape index (κ3) is 5.07. The van der Waals surface area contributed by atoms with Gasteiger partial charge in [0.05, 0.1) is 48.9 Å². The van der Waals surface area contributed by atoms with Gasteiger partial charge in [0.15, 0.2) is 11.4 Å². The Morgan fingerprint density at radius 2 is 1.95 bits per heavy atom. The summed E-state index contributed by atoms with van der Waals surface area (Å²) in [5.41, 5.74) is 6.15. The van der Waals surface area contributed by atoms with E-state index in [1.807, 2.05) is 43.3 Å². The first-order valence-corrected chi connectivity index (χ1v) is 14.8. The van der Waals surface area contributed by atoms with E-state index in [9.17, 15) is 0 Å². The molecule has 0 aliphatic carbocycles. The van der Waals surface area contributed by atoms with Crippen molar-refractivity contribution in [3.63, 3.8) is 0 Å². The van der Waals surface area contributed by atoms with Gasteiger partial charge in [-0.15, -0.1) is 15.2 Å². The Morgan fingerprint density at radius 1 is 1.07 bits per heavy atom. The van der Waals surface area contributed by atoms with Crippen molar-refractivity contribution in [1.82, 2.24) is 39.7 Å². The highest BCUT2D eigenvalue weighted by atomic mass is 16.5. The standard InChI is InChI=1S/C31H33N11O2/c1-19-33-27-24(36-23-10-7-9-22(28(23)43-4)29-37-39-40(3)38-29)18-21(35-31(27)42(19)26-11-5-6-16-44-26)17-20-12-13-25(30(32-2)34-20)41-14-8-15-41/h7,9-10,12-13,18,26H,5-6,8,11,14-17H2,1,3-4H3,(H,35,36). The number of aromatic nitrogens is 8. The molecule has 2 saturated heterocycles. The minimum atomic E-state index is -0.132. The minimum Gasteiger partial charge on any atom is -0.494 e. The third-order valence-electron chi connectivity index (χ3n) is 8.14. The number of para-hydroxylation sites is 1. The second kappa shape index (κ2) is 11.5. The molecular weight excluding hydrogens is 558 g/mol. The number of methoxy groups -OCH3 is 1. The maximum atomic E-state index is 7.74. The molecular formula is C31H33N11O2. The smallest absolute Gasteiger partial charge is 0.293 e. The molecule has 6 heterocycles. The number of imidazole rings is 1. The molecule has 7 rings (SSSR count). The van der Waals surface area contributed by atoms with Crippen molar-refractivity contribution in [2.24, 2.45) is 7.05 Å². The molecule has 2 aliphatic heterocycles. The Balaban J connectivity index is 1.32. The van der Waals surface area contributed by atoms with Crippen molar-refractivity contribution >= 4 is 34.0 Å². The Bertz CT molecular complexity index is 1880. The summed E-state index contributed by atoms with van der Waals surface area (Å²) in [7, 11) is 3.35. The largest absolute Gasteiger partial charge is 0.494 e. The average molecular weight is 592 g/mol. The molecule has 13 nitrogen and oxygen atoms in total. The summed E-state index contributed by atoms with van der Waals surface area (Å²) in [6, 6.07) is 11.8. The monoisotopic (exact) mass is 591 g/mol. The Hall–Kier alpha value is -5.09. The topological polar surface area (TPSA) is 125 Å². The molecule has 1 N–H and O–H groups in total. The fourth-order valence-corrected chi connectivity index (χ4v) is 5.90. The number of ether oxygens (including phenoxy) is 2. The van der Waals surface area contributed by atoms with Gasteiger partial charge in [0.1, 0.15) is 23.3 Å². The molecule has 44 heavy (non-hydrogen) atoms. The van der Waals surface area contributed by atoms with Crippen LogP contribution in [0.25, 0.3) is 27.4 Å². The highest BCUT2D eigenvalue weighted by Crippen LogP contribution is 2.39. The number of fused-ring (bicyclic) bond motifs is 1. The van der Waals surface area contributed by atoms with E-state index < -0.39 is 0 Å². The molecule has 0 bridgehead atoms. The number of hydrogen-bond acceptors (Lipinski definition) is 10. The maximum Gasteiger partial charge on any atom is 0.293 e. The molecule has 224 valence electrons. The van der Waals surface area contributed by atoms with Crippen LogP contribution in [-0.2, 0) is 18.2 Å².